The summed E-state index contributed by atoms with van der Waals surface area (Å²) in [6.07, 6.45) is -0.171. The van der Waals surface area contributed by atoms with E-state index in [0.717, 1.165) is 16.7 Å². The Hall–Kier alpha value is -3.10. The lowest BCUT2D eigenvalue weighted by Gasteiger charge is -2.40. The van der Waals surface area contributed by atoms with E-state index in [1.54, 1.807) is 18.2 Å². The Morgan fingerprint density at radius 1 is 0.529 bits per heavy atom. The average molecular weight is 465 g/mol. The molecule has 0 saturated carbocycles. The monoisotopic (exact) mass is 464 g/mol. The number of phenols is 3. The molecule has 0 aliphatic carbocycles. The highest BCUT2D eigenvalue weighted by Gasteiger charge is 2.25. The van der Waals surface area contributed by atoms with Crippen molar-refractivity contribution in [1.29, 1.82) is 0 Å². The predicted octanol–water partition coefficient (Wildman–Crippen LogP) is 3.81. The van der Waals surface area contributed by atoms with Crippen molar-refractivity contribution in [3.05, 3.63) is 89.5 Å². The number of phenolic OH excluding ortho intramolecular Hbond substituents is 3. The van der Waals surface area contributed by atoms with Crippen LogP contribution >= 0.6 is 0 Å². The summed E-state index contributed by atoms with van der Waals surface area (Å²) in [7, 11) is 0. The van der Waals surface area contributed by atoms with E-state index in [9.17, 15) is 15.3 Å². The molecule has 0 fully saturated rings. The van der Waals surface area contributed by atoms with Gasteiger partial charge in [0.05, 0.1) is 18.5 Å². The molecule has 0 heterocycles. The van der Waals surface area contributed by atoms with Gasteiger partial charge in [0, 0.05) is 36.3 Å². The number of nitrogens with one attached hydrogen (secondary N) is 3. The van der Waals surface area contributed by atoms with Gasteiger partial charge in [-0.05, 0) is 39.0 Å². The van der Waals surface area contributed by atoms with Crippen molar-refractivity contribution in [1.82, 2.24) is 20.9 Å². The van der Waals surface area contributed by atoms with Crippen molar-refractivity contribution in [2.75, 3.05) is 0 Å². The van der Waals surface area contributed by atoms with Crippen molar-refractivity contribution in [2.45, 2.75) is 58.9 Å². The van der Waals surface area contributed by atoms with E-state index in [4.69, 9.17) is 0 Å². The van der Waals surface area contributed by atoms with Crippen LogP contribution in [-0.4, -0.2) is 38.7 Å². The summed E-state index contributed by atoms with van der Waals surface area (Å²) in [6, 6.07) is 21.9. The summed E-state index contributed by atoms with van der Waals surface area (Å²) >= 11 is 0. The van der Waals surface area contributed by atoms with Crippen LogP contribution in [0.5, 0.6) is 17.2 Å². The van der Waals surface area contributed by atoms with Gasteiger partial charge in [0.15, 0.2) is 0 Å². The fourth-order valence-corrected chi connectivity index (χ4v) is 4.08. The molecule has 0 aromatic heterocycles. The Morgan fingerprint density at radius 2 is 0.794 bits per heavy atom. The molecule has 7 heteroatoms. The van der Waals surface area contributed by atoms with E-state index in [0.29, 0.717) is 19.6 Å². The summed E-state index contributed by atoms with van der Waals surface area (Å²) < 4.78 is 0. The van der Waals surface area contributed by atoms with Gasteiger partial charge in [-0.15, -0.1) is 0 Å². The zero-order valence-electron chi connectivity index (χ0n) is 20.1. The molecule has 6 N–H and O–H groups in total. The number of para-hydroxylation sites is 3. The first-order valence-corrected chi connectivity index (χ1v) is 11.6. The molecular formula is C27H36N4O3. The number of hydrogen-bond donors (Lipinski definition) is 6. The van der Waals surface area contributed by atoms with Gasteiger partial charge in [-0.3, -0.25) is 20.9 Å². The van der Waals surface area contributed by atoms with Crippen molar-refractivity contribution >= 4 is 0 Å². The molecule has 0 aliphatic rings. The van der Waals surface area contributed by atoms with Crippen LogP contribution in [0.3, 0.4) is 0 Å². The first kappa shape index (κ1) is 25.5. The maximum absolute atomic E-state index is 10.1. The topological polar surface area (TPSA) is 100 Å². The first-order chi connectivity index (χ1) is 16.4. The van der Waals surface area contributed by atoms with E-state index in [1.165, 1.54) is 0 Å². The highest BCUT2D eigenvalue weighted by molar-refractivity contribution is 5.33. The van der Waals surface area contributed by atoms with Crippen LogP contribution in [0.1, 0.15) is 37.5 Å². The molecule has 182 valence electrons. The number of benzene rings is 3. The van der Waals surface area contributed by atoms with Crippen LogP contribution in [0.15, 0.2) is 72.8 Å². The molecule has 3 unspecified atom stereocenters. The Kier molecular flexibility index (Phi) is 9.30. The summed E-state index contributed by atoms with van der Waals surface area (Å²) in [5.74, 6) is 0.806. The minimum absolute atomic E-state index is 0.0571. The van der Waals surface area contributed by atoms with Crippen LogP contribution in [0.2, 0.25) is 0 Å². The van der Waals surface area contributed by atoms with E-state index < -0.39 is 0 Å². The summed E-state index contributed by atoms with van der Waals surface area (Å²) in [5, 5.41) is 40.9. The standard InChI is InChI=1S/C27H36N4O3/c1-19(28-16-22-10-4-7-13-25(22)32)31(20(2)29-17-23-11-5-8-14-26(23)33)21(3)30-18-24-12-6-9-15-27(24)34/h4-15,19-21,28-30,32-34H,16-18H2,1-3H3. The van der Waals surface area contributed by atoms with Gasteiger partial charge >= 0.3 is 0 Å². The molecule has 3 rings (SSSR count). The summed E-state index contributed by atoms with van der Waals surface area (Å²) in [4.78, 5) is 2.25. The molecule has 0 aliphatic heterocycles. The molecule has 3 aromatic rings. The minimum atomic E-state index is -0.0571. The molecule has 0 radical (unpaired) electrons. The van der Waals surface area contributed by atoms with Crippen molar-refractivity contribution in [3.8, 4) is 17.2 Å². The third-order valence-corrected chi connectivity index (χ3v) is 6.08. The second kappa shape index (κ2) is 12.4. The Labute approximate surface area is 202 Å². The lowest BCUT2D eigenvalue weighted by Crippen LogP contribution is -2.60. The number of nitrogens with zero attached hydrogens (tertiary/aromatic N) is 1. The van der Waals surface area contributed by atoms with Crippen LogP contribution in [0, 0.1) is 0 Å². The largest absolute Gasteiger partial charge is 0.508 e. The zero-order valence-corrected chi connectivity index (χ0v) is 20.1. The van der Waals surface area contributed by atoms with Crippen LogP contribution in [-0.2, 0) is 19.6 Å². The Bertz CT molecular complexity index is 914. The zero-order chi connectivity index (χ0) is 24.5. The molecule has 0 amide bonds. The summed E-state index contributed by atoms with van der Waals surface area (Å²) in [5.41, 5.74) is 2.50. The molecule has 3 atom stereocenters. The second-order valence-electron chi connectivity index (χ2n) is 8.50. The maximum atomic E-state index is 10.1. The molecule has 3 aromatic carbocycles. The maximum Gasteiger partial charge on any atom is 0.120 e. The normalized spacial score (nSPS) is 14.1. The van der Waals surface area contributed by atoms with Gasteiger partial charge < -0.3 is 15.3 Å². The van der Waals surface area contributed by atoms with E-state index in [2.05, 4.69) is 41.6 Å². The average Bonchev–Trinajstić information content (AvgIpc) is 2.82. The quantitative estimate of drug-likeness (QED) is 0.227. The smallest absolute Gasteiger partial charge is 0.120 e. The molecule has 7 nitrogen and oxygen atoms in total. The van der Waals surface area contributed by atoms with E-state index in [1.807, 2.05) is 54.6 Å². The lowest BCUT2D eigenvalue weighted by molar-refractivity contribution is 0.0472. The third-order valence-electron chi connectivity index (χ3n) is 6.08. The van der Waals surface area contributed by atoms with Crippen molar-refractivity contribution in [2.24, 2.45) is 0 Å². The molecule has 34 heavy (non-hydrogen) atoms. The third kappa shape index (κ3) is 6.95. The number of aromatic hydroxyl groups is 3. The fraction of sp³-hybridized carbons (Fsp3) is 0.333. The first-order valence-electron chi connectivity index (χ1n) is 11.6. The van der Waals surface area contributed by atoms with Crippen LogP contribution in [0.4, 0.5) is 0 Å². The van der Waals surface area contributed by atoms with Gasteiger partial charge in [0.1, 0.15) is 17.2 Å². The molecular weight excluding hydrogens is 428 g/mol. The van der Waals surface area contributed by atoms with Crippen molar-refractivity contribution in [3.63, 3.8) is 0 Å². The SMILES string of the molecule is CC(NCc1ccccc1O)N(C(C)NCc1ccccc1O)C(C)NCc1ccccc1O. The van der Waals surface area contributed by atoms with Gasteiger partial charge in [0.25, 0.3) is 0 Å². The number of rotatable bonds is 12. The van der Waals surface area contributed by atoms with E-state index >= 15 is 0 Å². The van der Waals surface area contributed by atoms with E-state index in [-0.39, 0.29) is 35.7 Å². The lowest BCUT2D eigenvalue weighted by atomic mass is 10.2. The number of hydrogen-bond acceptors (Lipinski definition) is 7. The minimum Gasteiger partial charge on any atom is -0.508 e. The van der Waals surface area contributed by atoms with Gasteiger partial charge in [0.2, 0.25) is 0 Å². The van der Waals surface area contributed by atoms with Crippen molar-refractivity contribution < 1.29 is 15.3 Å². The fourth-order valence-electron chi connectivity index (χ4n) is 4.08. The van der Waals surface area contributed by atoms with Gasteiger partial charge in [-0.1, -0.05) is 54.6 Å². The molecule has 0 spiro atoms. The second-order valence-corrected chi connectivity index (χ2v) is 8.50. The Morgan fingerprint density at radius 3 is 1.06 bits per heavy atom. The molecule has 0 saturated heterocycles. The van der Waals surface area contributed by atoms with Gasteiger partial charge in [-0.2, -0.15) is 0 Å². The Balaban J connectivity index is 1.70. The van der Waals surface area contributed by atoms with Crippen LogP contribution in [0.25, 0.3) is 0 Å². The predicted molar refractivity (Wildman–Crippen MR) is 135 cm³/mol. The highest BCUT2D eigenvalue weighted by Crippen LogP contribution is 2.19. The van der Waals surface area contributed by atoms with Gasteiger partial charge in [-0.25, -0.2) is 0 Å². The highest BCUT2D eigenvalue weighted by atomic mass is 16.3. The molecule has 0 bridgehead atoms. The van der Waals surface area contributed by atoms with Crippen LogP contribution < -0.4 is 16.0 Å². The summed E-state index contributed by atoms with van der Waals surface area (Å²) in [6.45, 7) is 7.79.